The van der Waals surface area contributed by atoms with Crippen LogP contribution in [0.15, 0.2) is 27.1 Å². The van der Waals surface area contributed by atoms with Gasteiger partial charge in [-0.3, -0.25) is 4.79 Å². The number of alkyl halides is 3. The number of hydrogen-bond acceptors (Lipinski definition) is 4. The number of rotatable bonds is 4. The maximum absolute atomic E-state index is 13.3. The van der Waals surface area contributed by atoms with Crippen molar-refractivity contribution in [2.45, 2.75) is 19.6 Å². The minimum atomic E-state index is -4.60. The Morgan fingerprint density at radius 2 is 1.86 bits per heavy atom. The van der Waals surface area contributed by atoms with Gasteiger partial charge in [0, 0.05) is 37.9 Å². The highest BCUT2D eigenvalue weighted by Gasteiger charge is 2.39. The summed E-state index contributed by atoms with van der Waals surface area (Å²) < 4.78 is 46.7. The van der Waals surface area contributed by atoms with Crippen LogP contribution in [-0.4, -0.2) is 53.9 Å². The van der Waals surface area contributed by atoms with Gasteiger partial charge in [-0.15, -0.1) is 0 Å². The van der Waals surface area contributed by atoms with Gasteiger partial charge in [0.05, 0.1) is 21.7 Å². The molecule has 3 rings (SSSR count). The summed E-state index contributed by atoms with van der Waals surface area (Å²) in [5.74, 6) is 0.318. The molecule has 0 bridgehead atoms. The van der Waals surface area contributed by atoms with Crippen LogP contribution in [0.2, 0.25) is 0 Å². The quantitative estimate of drug-likeness (QED) is 0.587. The fourth-order valence-electron chi connectivity index (χ4n) is 3.23. The number of piperazine rings is 1. The van der Waals surface area contributed by atoms with E-state index in [2.05, 4.69) is 41.9 Å². The molecule has 0 aliphatic carbocycles. The molecule has 1 aliphatic rings. The topological polar surface area (TPSA) is 50.6 Å². The number of carbonyl (C=O) groups excluding carboxylic acids is 1. The molecule has 2 aromatic rings. The molecule has 2 heterocycles. The minimum Gasteiger partial charge on any atom is -0.495 e. The van der Waals surface area contributed by atoms with E-state index in [1.807, 2.05) is 18.2 Å². The zero-order valence-electron chi connectivity index (χ0n) is 15.8. The Morgan fingerprint density at radius 3 is 2.45 bits per heavy atom. The van der Waals surface area contributed by atoms with Crippen molar-refractivity contribution in [3.63, 3.8) is 0 Å². The van der Waals surface area contributed by atoms with Crippen LogP contribution < -0.4 is 9.64 Å². The van der Waals surface area contributed by atoms with Gasteiger partial charge in [-0.2, -0.15) is 18.3 Å². The zero-order chi connectivity index (χ0) is 21.3. The highest BCUT2D eigenvalue weighted by molar-refractivity contribution is 9.10. The number of aryl methyl sites for hydroxylation is 1. The minimum absolute atomic E-state index is 0.133. The number of carbonyl (C=O) groups is 1. The Labute approximate surface area is 182 Å². The monoisotopic (exact) mass is 538 g/mol. The predicted molar refractivity (Wildman–Crippen MR) is 109 cm³/mol. The molecule has 158 valence electrons. The van der Waals surface area contributed by atoms with Gasteiger partial charge in [0.25, 0.3) is 0 Å². The molecule has 29 heavy (non-hydrogen) atoms. The van der Waals surface area contributed by atoms with E-state index < -0.39 is 24.3 Å². The lowest BCUT2D eigenvalue weighted by Gasteiger charge is -2.36. The first-order valence-corrected chi connectivity index (χ1v) is 10.4. The zero-order valence-corrected chi connectivity index (χ0v) is 18.9. The first kappa shape index (κ1) is 21.9. The van der Waals surface area contributed by atoms with Crippen LogP contribution in [0.5, 0.6) is 5.75 Å². The maximum Gasteiger partial charge on any atom is 0.434 e. The number of amides is 1. The van der Waals surface area contributed by atoms with Gasteiger partial charge in [0.2, 0.25) is 5.91 Å². The van der Waals surface area contributed by atoms with E-state index in [9.17, 15) is 18.0 Å². The molecule has 0 atom stereocenters. The third kappa shape index (κ3) is 4.71. The van der Waals surface area contributed by atoms with Gasteiger partial charge in [-0.1, -0.05) is 0 Å². The molecule has 0 spiro atoms. The molecule has 1 amide bonds. The lowest BCUT2D eigenvalue weighted by Crippen LogP contribution is -2.49. The second-order valence-electron chi connectivity index (χ2n) is 6.59. The van der Waals surface area contributed by atoms with Crippen LogP contribution in [0.3, 0.4) is 0 Å². The Balaban J connectivity index is 1.66. The average molecular weight is 540 g/mol. The van der Waals surface area contributed by atoms with Crippen LogP contribution in [0.4, 0.5) is 18.9 Å². The Morgan fingerprint density at radius 1 is 1.21 bits per heavy atom. The van der Waals surface area contributed by atoms with E-state index in [1.165, 1.54) is 6.92 Å². The van der Waals surface area contributed by atoms with E-state index in [4.69, 9.17) is 4.74 Å². The van der Waals surface area contributed by atoms with Crippen molar-refractivity contribution in [2.24, 2.45) is 0 Å². The van der Waals surface area contributed by atoms with Crippen molar-refractivity contribution < 1.29 is 22.7 Å². The van der Waals surface area contributed by atoms with Crippen molar-refractivity contribution in [1.82, 2.24) is 14.7 Å². The van der Waals surface area contributed by atoms with Crippen LogP contribution in [0.25, 0.3) is 0 Å². The van der Waals surface area contributed by atoms with Crippen molar-refractivity contribution in [1.29, 1.82) is 0 Å². The number of benzene rings is 1. The standard InChI is InChI=1S/C18H19Br2F3N4O2/c1-11-16(20)17(18(21,22)23)27(24-11)10-15(28)26-7-5-25(6-8-26)12-3-4-13(19)14(9-12)29-2/h3-4,9H,5-8,10H2,1-2H3. The smallest absolute Gasteiger partial charge is 0.434 e. The summed E-state index contributed by atoms with van der Waals surface area (Å²) in [5.41, 5.74) is 0.214. The third-order valence-corrected chi connectivity index (χ3v) is 6.34. The largest absolute Gasteiger partial charge is 0.495 e. The molecule has 11 heteroatoms. The normalized spacial score (nSPS) is 15.0. The molecule has 1 aromatic heterocycles. The third-order valence-electron chi connectivity index (χ3n) is 4.74. The van der Waals surface area contributed by atoms with Crippen LogP contribution >= 0.6 is 31.9 Å². The Bertz CT molecular complexity index is 909. The summed E-state index contributed by atoms with van der Waals surface area (Å²) in [4.78, 5) is 16.3. The van der Waals surface area contributed by atoms with Gasteiger partial charge in [0.15, 0.2) is 5.69 Å². The number of nitrogens with zero attached hydrogens (tertiary/aromatic N) is 4. The van der Waals surface area contributed by atoms with Gasteiger partial charge in [0.1, 0.15) is 12.3 Å². The summed E-state index contributed by atoms with van der Waals surface area (Å²) in [7, 11) is 1.59. The molecular formula is C18H19Br2F3N4O2. The summed E-state index contributed by atoms with van der Waals surface area (Å²) in [6.45, 7) is 2.99. The van der Waals surface area contributed by atoms with E-state index in [1.54, 1.807) is 12.0 Å². The van der Waals surface area contributed by atoms with Crippen molar-refractivity contribution >= 4 is 43.5 Å². The number of methoxy groups -OCH3 is 1. The predicted octanol–water partition coefficient (Wildman–Crippen LogP) is 4.09. The Kier molecular flexibility index (Phi) is 6.47. The molecule has 1 fully saturated rings. The van der Waals surface area contributed by atoms with Crippen molar-refractivity contribution in [3.8, 4) is 5.75 Å². The second kappa shape index (κ2) is 8.55. The van der Waals surface area contributed by atoms with Crippen LogP contribution in [-0.2, 0) is 17.5 Å². The first-order chi connectivity index (χ1) is 13.6. The number of hydrogen-bond donors (Lipinski definition) is 0. The molecule has 1 saturated heterocycles. The number of ether oxygens (including phenoxy) is 1. The molecular weight excluding hydrogens is 521 g/mol. The lowest BCUT2D eigenvalue weighted by atomic mass is 10.2. The van der Waals surface area contributed by atoms with E-state index in [0.29, 0.717) is 31.9 Å². The molecule has 6 nitrogen and oxygen atoms in total. The van der Waals surface area contributed by atoms with Gasteiger partial charge in [-0.25, -0.2) is 4.68 Å². The van der Waals surface area contributed by atoms with E-state index >= 15 is 0 Å². The second-order valence-corrected chi connectivity index (χ2v) is 8.24. The van der Waals surface area contributed by atoms with E-state index in [0.717, 1.165) is 14.8 Å². The fraction of sp³-hybridized carbons (Fsp3) is 0.444. The summed E-state index contributed by atoms with van der Waals surface area (Å²) in [5, 5.41) is 3.87. The van der Waals surface area contributed by atoms with Gasteiger partial charge < -0.3 is 14.5 Å². The molecule has 0 unspecified atom stereocenters. The summed E-state index contributed by atoms with van der Waals surface area (Å²) >= 11 is 6.34. The molecule has 0 N–H and O–H groups in total. The molecule has 0 radical (unpaired) electrons. The van der Waals surface area contributed by atoms with Gasteiger partial charge >= 0.3 is 6.18 Å². The first-order valence-electron chi connectivity index (χ1n) is 8.78. The number of anilines is 1. The van der Waals surface area contributed by atoms with Crippen LogP contribution in [0, 0.1) is 6.92 Å². The van der Waals surface area contributed by atoms with Crippen molar-refractivity contribution in [2.75, 3.05) is 38.2 Å². The molecule has 1 aromatic carbocycles. The fourth-order valence-corrected chi connectivity index (χ4v) is 4.15. The van der Waals surface area contributed by atoms with E-state index in [-0.39, 0.29) is 10.2 Å². The van der Waals surface area contributed by atoms with Crippen LogP contribution in [0.1, 0.15) is 11.4 Å². The Hall–Kier alpha value is -1.75. The summed E-state index contributed by atoms with van der Waals surface area (Å²) in [6.07, 6.45) is -4.60. The number of aromatic nitrogens is 2. The lowest BCUT2D eigenvalue weighted by molar-refractivity contribution is -0.146. The SMILES string of the molecule is COc1cc(N2CCN(C(=O)Cn3nc(C)c(Br)c3C(F)(F)F)CC2)ccc1Br. The highest BCUT2D eigenvalue weighted by atomic mass is 79.9. The maximum atomic E-state index is 13.3. The van der Waals surface area contributed by atoms with Crippen molar-refractivity contribution in [3.05, 3.63) is 38.5 Å². The highest BCUT2D eigenvalue weighted by Crippen LogP contribution is 2.36. The molecule has 1 aliphatic heterocycles. The van der Waals surface area contributed by atoms with Gasteiger partial charge in [-0.05, 0) is 50.9 Å². The number of halogens is 5. The molecule has 0 saturated carbocycles. The average Bonchev–Trinajstić information content (AvgIpc) is 2.95. The summed E-state index contributed by atoms with van der Waals surface area (Å²) in [6, 6.07) is 5.74.